The van der Waals surface area contributed by atoms with Gasteiger partial charge in [-0.1, -0.05) is 48.2 Å². The van der Waals surface area contributed by atoms with Crippen LogP contribution in [0, 0.1) is 0 Å². The van der Waals surface area contributed by atoms with E-state index in [0.717, 1.165) is 47.4 Å². The molecule has 3 heterocycles. The number of thiophene rings is 1. The van der Waals surface area contributed by atoms with Crippen molar-refractivity contribution >= 4 is 23.1 Å². The minimum absolute atomic E-state index is 0.211. The molecule has 26 heavy (non-hydrogen) atoms. The lowest BCUT2D eigenvalue weighted by Gasteiger charge is -2.15. The Balaban J connectivity index is 1.53. The molecule has 1 aliphatic heterocycles. The summed E-state index contributed by atoms with van der Waals surface area (Å²) in [4.78, 5) is 1.10. The van der Waals surface area contributed by atoms with Crippen molar-refractivity contribution in [1.29, 1.82) is 0 Å². The predicted molar refractivity (Wildman–Crippen MR) is 104 cm³/mol. The van der Waals surface area contributed by atoms with Gasteiger partial charge in [-0.25, -0.2) is 0 Å². The number of aliphatic hydroxyl groups is 1. The van der Waals surface area contributed by atoms with Crippen molar-refractivity contribution in [3.05, 3.63) is 53.4 Å². The summed E-state index contributed by atoms with van der Waals surface area (Å²) in [6, 6.07) is 13.8. The van der Waals surface area contributed by atoms with Crippen LogP contribution in [-0.4, -0.2) is 38.3 Å². The Labute approximate surface area is 161 Å². The Morgan fingerprint density at radius 2 is 2.12 bits per heavy atom. The molecule has 2 aromatic heterocycles. The first-order valence-electron chi connectivity index (χ1n) is 8.76. The van der Waals surface area contributed by atoms with Crippen LogP contribution < -0.4 is 0 Å². The van der Waals surface area contributed by atoms with Gasteiger partial charge in [0.05, 0.1) is 23.6 Å². The molecule has 1 aromatic carbocycles. The highest BCUT2D eigenvalue weighted by atomic mass is 32.2. The van der Waals surface area contributed by atoms with Gasteiger partial charge in [-0.05, 0) is 29.9 Å². The van der Waals surface area contributed by atoms with Gasteiger partial charge in [-0.3, -0.25) is 4.57 Å². The summed E-state index contributed by atoms with van der Waals surface area (Å²) in [5, 5.41) is 22.1. The Morgan fingerprint density at radius 3 is 2.85 bits per heavy atom. The molecule has 1 fully saturated rings. The monoisotopic (exact) mass is 387 g/mol. The molecule has 2 atom stereocenters. The van der Waals surface area contributed by atoms with E-state index in [4.69, 9.17) is 4.74 Å². The van der Waals surface area contributed by atoms with Gasteiger partial charge in [0.1, 0.15) is 0 Å². The van der Waals surface area contributed by atoms with Crippen molar-refractivity contribution in [1.82, 2.24) is 14.8 Å². The molecule has 0 spiro atoms. The Hall–Kier alpha value is -1.67. The quantitative estimate of drug-likeness (QED) is 0.621. The number of hydrogen-bond donors (Lipinski definition) is 1. The first-order chi connectivity index (χ1) is 12.8. The lowest BCUT2D eigenvalue weighted by molar-refractivity contribution is 0.0953. The van der Waals surface area contributed by atoms with Crippen LogP contribution in [0.5, 0.6) is 0 Å². The first-order valence-corrected chi connectivity index (χ1v) is 10.6. The normalized spacial score (nSPS) is 18.3. The Bertz CT molecular complexity index is 815. The van der Waals surface area contributed by atoms with E-state index in [-0.39, 0.29) is 6.10 Å². The van der Waals surface area contributed by atoms with Crippen LogP contribution in [0.3, 0.4) is 0 Å². The van der Waals surface area contributed by atoms with Crippen LogP contribution in [-0.2, 0) is 11.3 Å². The average Bonchev–Trinajstić information content (AvgIpc) is 3.43. The molecule has 0 bridgehead atoms. The smallest absolute Gasteiger partial charge is 0.191 e. The predicted octanol–water partition coefficient (Wildman–Crippen LogP) is 4.01. The number of ether oxygens (including phenoxy) is 1. The summed E-state index contributed by atoms with van der Waals surface area (Å²) in [5.74, 6) is 1.42. The van der Waals surface area contributed by atoms with E-state index in [2.05, 4.69) is 20.8 Å². The number of thioether (sulfide) groups is 1. The van der Waals surface area contributed by atoms with Crippen LogP contribution in [0.2, 0.25) is 0 Å². The lowest BCUT2D eigenvalue weighted by Crippen LogP contribution is -2.16. The number of aliphatic hydroxyl groups excluding tert-OH is 1. The molecule has 1 saturated heterocycles. The van der Waals surface area contributed by atoms with E-state index in [1.807, 2.05) is 41.8 Å². The molecule has 1 aliphatic rings. The van der Waals surface area contributed by atoms with Gasteiger partial charge in [0.25, 0.3) is 0 Å². The molecule has 3 aromatic rings. The second-order valence-electron chi connectivity index (χ2n) is 6.27. The van der Waals surface area contributed by atoms with Crippen molar-refractivity contribution < 1.29 is 9.84 Å². The maximum Gasteiger partial charge on any atom is 0.191 e. The average molecular weight is 388 g/mol. The zero-order valence-electron chi connectivity index (χ0n) is 14.3. The third-order valence-electron chi connectivity index (χ3n) is 4.42. The van der Waals surface area contributed by atoms with Crippen molar-refractivity contribution in [2.45, 2.75) is 36.8 Å². The number of nitrogens with zero attached hydrogens (tertiary/aromatic N) is 3. The molecule has 5 nitrogen and oxygen atoms in total. The largest absolute Gasteiger partial charge is 0.388 e. The summed E-state index contributed by atoms with van der Waals surface area (Å²) in [6.45, 7) is 1.58. The highest BCUT2D eigenvalue weighted by molar-refractivity contribution is 7.99. The van der Waals surface area contributed by atoms with Crippen LogP contribution >= 0.6 is 23.1 Å². The summed E-state index contributed by atoms with van der Waals surface area (Å²) >= 11 is 3.20. The van der Waals surface area contributed by atoms with Gasteiger partial charge in [-0.15, -0.1) is 21.5 Å². The SMILES string of the molecule is OC(CSc1nnc(-c2cccs2)n1CC1CCCO1)c1ccccc1. The van der Waals surface area contributed by atoms with Gasteiger partial charge in [0.15, 0.2) is 11.0 Å². The summed E-state index contributed by atoms with van der Waals surface area (Å²) in [6.07, 6.45) is 1.86. The zero-order chi connectivity index (χ0) is 17.8. The number of rotatable bonds is 7. The molecule has 0 saturated carbocycles. The molecular weight excluding hydrogens is 366 g/mol. The maximum atomic E-state index is 10.4. The van der Waals surface area contributed by atoms with E-state index >= 15 is 0 Å². The molecule has 0 aliphatic carbocycles. The van der Waals surface area contributed by atoms with E-state index in [1.165, 1.54) is 11.8 Å². The minimum atomic E-state index is -0.528. The molecule has 1 N–H and O–H groups in total. The van der Waals surface area contributed by atoms with Crippen molar-refractivity contribution in [2.24, 2.45) is 0 Å². The molecule has 7 heteroatoms. The standard InChI is InChI=1S/C19H21N3O2S2/c23-16(14-6-2-1-3-7-14)13-26-19-21-20-18(17-9-5-11-25-17)22(19)12-15-8-4-10-24-15/h1-3,5-7,9,11,15-16,23H,4,8,10,12-13H2. The highest BCUT2D eigenvalue weighted by Crippen LogP contribution is 2.30. The minimum Gasteiger partial charge on any atom is -0.388 e. The molecule has 0 radical (unpaired) electrons. The van der Waals surface area contributed by atoms with E-state index in [9.17, 15) is 5.11 Å². The molecule has 0 amide bonds. The van der Waals surface area contributed by atoms with E-state index in [0.29, 0.717) is 5.75 Å². The number of benzene rings is 1. The van der Waals surface area contributed by atoms with Gasteiger partial charge in [0, 0.05) is 12.4 Å². The summed E-state index contributed by atoms with van der Waals surface area (Å²) in [5.41, 5.74) is 0.920. The first kappa shape index (κ1) is 17.7. The Morgan fingerprint density at radius 1 is 1.23 bits per heavy atom. The second kappa shape index (κ2) is 8.35. The van der Waals surface area contributed by atoms with Crippen molar-refractivity contribution in [2.75, 3.05) is 12.4 Å². The topological polar surface area (TPSA) is 60.2 Å². The second-order valence-corrected chi connectivity index (χ2v) is 8.20. The lowest BCUT2D eigenvalue weighted by atomic mass is 10.1. The fourth-order valence-electron chi connectivity index (χ4n) is 3.06. The van der Waals surface area contributed by atoms with Crippen molar-refractivity contribution in [3.63, 3.8) is 0 Å². The maximum absolute atomic E-state index is 10.4. The molecule has 2 unspecified atom stereocenters. The van der Waals surface area contributed by atoms with Gasteiger partial charge < -0.3 is 9.84 Å². The number of hydrogen-bond acceptors (Lipinski definition) is 6. The van der Waals surface area contributed by atoms with Crippen LogP contribution in [0.15, 0.2) is 53.0 Å². The van der Waals surface area contributed by atoms with Gasteiger partial charge >= 0.3 is 0 Å². The van der Waals surface area contributed by atoms with Gasteiger partial charge in [-0.2, -0.15) is 0 Å². The van der Waals surface area contributed by atoms with Crippen LogP contribution in [0.25, 0.3) is 10.7 Å². The van der Waals surface area contributed by atoms with Crippen molar-refractivity contribution in [3.8, 4) is 10.7 Å². The van der Waals surface area contributed by atoms with Crippen LogP contribution in [0.1, 0.15) is 24.5 Å². The third kappa shape index (κ3) is 4.01. The fourth-order valence-corrected chi connectivity index (χ4v) is 4.70. The summed E-state index contributed by atoms with van der Waals surface area (Å²) in [7, 11) is 0. The third-order valence-corrected chi connectivity index (χ3v) is 6.33. The fraction of sp³-hybridized carbons (Fsp3) is 0.368. The van der Waals surface area contributed by atoms with E-state index < -0.39 is 6.10 Å². The molecule has 136 valence electrons. The zero-order valence-corrected chi connectivity index (χ0v) is 16.0. The van der Waals surface area contributed by atoms with E-state index in [1.54, 1.807) is 11.3 Å². The molecular formula is C19H21N3O2S2. The number of aromatic nitrogens is 3. The Kier molecular flexibility index (Phi) is 5.69. The van der Waals surface area contributed by atoms with Crippen LogP contribution in [0.4, 0.5) is 0 Å². The van der Waals surface area contributed by atoms with Gasteiger partial charge in [0.2, 0.25) is 0 Å². The molecule has 4 rings (SSSR count). The summed E-state index contributed by atoms with van der Waals surface area (Å²) < 4.78 is 7.96. The highest BCUT2D eigenvalue weighted by Gasteiger charge is 2.22.